The SMILES string of the molecule is CC(=O)O[C@H]1[C@H]2O[C@H]2[C@@H]2[C@H]([C@@H]1OC(C)=O)N2/C=C(/C#N)SC(C)(C)C. The van der Waals surface area contributed by atoms with Gasteiger partial charge in [0.2, 0.25) is 0 Å². The summed E-state index contributed by atoms with van der Waals surface area (Å²) in [6.45, 7) is 8.77. The summed E-state index contributed by atoms with van der Waals surface area (Å²) < 4.78 is 16.4. The fourth-order valence-electron chi connectivity index (χ4n) is 3.44. The van der Waals surface area contributed by atoms with E-state index in [2.05, 4.69) is 6.07 Å². The van der Waals surface area contributed by atoms with Crippen molar-refractivity contribution in [1.82, 2.24) is 4.90 Å². The Bertz CT molecular complexity index is 665. The van der Waals surface area contributed by atoms with Crippen LogP contribution in [0.25, 0.3) is 0 Å². The fourth-order valence-corrected chi connectivity index (χ4v) is 4.32. The molecule has 0 N–H and O–H groups in total. The maximum absolute atomic E-state index is 11.5. The predicted octanol–water partition coefficient (Wildman–Crippen LogP) is 1.58. The molecule has 0 aromatic heterocycles. The van der Waals surface area contributed by atoms with Crippen molar-refractivity contribution in [1.29, 1.82) is 5.26 Å². The Hall–Kier alpha value is -1.72. The number of epoxide rings is 1. The topological polar surface area (TPSA) is 91.9 Å². The summed E-state index contributed by atoms with van der Waals surface area (Å²) in [5.74, 6) is -0.862. The lowest BCUT2D eigenvalue weighted by Gasteiger charge is -2.26. The Morgan fingerprint density at radius 3 is 2.24 bits per heavy atom. The highest BCUT2D eigenvalue weighted by Gasteiger charge is 2.73. The van der Waals surface area contributed by atoms with Crippen LogP contribution in [0.15, 0.2) is 11.1 Å². The number of fused-ring (bicyclic) bond motifs is 3. The van der Waals surface area contributed by atoms with E-state index in [9.17, 15) is 14.9 Å². The van der Waals surface area contributed by atoms with Gasteiger partial charge < -0.3 is 19.1 Å². The molecule has 1 aliphatic carbocycles. The van der Waals surface area contributed by atoms with E-state index in [-0.39, 0.29) is 29.0 Å². The molecule has 2 aliphatic heterocycles. The lowest BCUT2D eigenvalue weighted by atomic mass is 9.94. The smallest absolute Gasteiger partial charge is 0.303 e. The van der Waals surface area contributed by atoms with E-state index in [0.29, 0.717) is 4.91 Å². The standard InChI is InChI=1S/C17H22N2O5S/c1-8(20)22-13-11-12(14-16(24-14)15(13)23-9(2)21)19(11)7-10(6-18)25-17(3,4)5/h7,11-16H,1-5H3/b10-7-/t11-,12+,13+,14+,15-,16+,19?/m1/s1. The molecule has 0 unspecified atom stereocenters. The molecule has 2 saturated heterocycles. The number of esters is 2. The van der Waals surface area contributed by atoms with Crippen LogP contribution in [0.5, 0.6) is 0 Å². The highest BCUT2D eigenvalue weighted by molar-refractivity contribution is 8.04. The maximum Gasteiger partial charge on any atom is 0.303 e. The van der Waals surface area contributed by atoms with Gasteiger partial charge >= 0.3 is 11.9 Å². The van der Waals surface area contributed by atoms with Crippen LogP contribution < -0.4 is 0 Å². The van der Waals surface area contributed by atoms with Crippen LogP contribution in [0.4, 0.5) is 0 Å². The van der Waals surface area contributed by atoms with Gasteiger partial charge in [-0.05, 0) is 0 Å². The number of thioether (sulfide) groups is 1. The van der Waals surface area contributed by atoms with Gasteiger partial charge in [0.15, 0.2) is 12.2 Å². The summed E-state index contributed by atoms with van der Waals surface area (Å²) in [7, 11) is 0. The molecule has 0 bridgehead atoms. The van der Waals surface area contributed by atoms with E-state index in [0.717, 1.165) is 0 Å². The number of nitrogens with zero attached hydrogens (tertiary/aromatic N) is 2. The molecule has 0 radical (unpaired) electrons. The molecular formula is C17H22N2O5S. The third kappa shape index (κ3) is 3.77. The summed E-state index contributed by atoms with van der Waals surface area (Å²) in [6, 6.07) is 2.12. The lowest BCUT2D eigenvalue weighted by molar-refractivity contribution is -0.167. The minimum Gasteiger partial charge on any atom is -0.456 e. The molecule has 25 heavy (non-hydrogen) atoms. The lowest BCUT2D eigenvalue weighted by Crippen LogP contribution is -2.47. The molecule has 136 valence electrons. The van der Waals surface area contributed by atoms with Crippen LogP contribution >= 0.6 is 11.8 Å². The molecule has 0 aromatic rings. The number of hydrogen-bond acceptors (Lipinski definition) is 8. The molecule has 0 amide bonds. The second-order valence-corrected chi connectivity index (χ2v) is 9.33. The molecule has 3 aliphatic rings. The van der Waals surface area contributed by atoms with Crippen molar-refractivity contribution in [2.24, 2.45) is 0 Å². The van der Waals surface area contributed by atoms with E-state index in [1.54, 1.807) is 6.20 Å². The van der Waals surface area contributed by atoms with Crippen molar-refractivity contribution in [3.63, 3.8) is 0 Å². The largest absolute Gasteiger partial charge is 0.456 e. The molecule has 6 atom stereocenters. The normalized spacial score (nSPS) is 35.8. The Morgan fingerprint density at radius 2 is 1.72 bits per heavy atom. The average Bonchev–Trinajstić information content (AvgIpc) is 3.33. The first kappa shape index (κ1) is 18.1. The van der Waals surface area contributed by atoms with Gasteiger partial charge in [-0.1, -0.05) is 20.8 Å². The number of nitriles is 1. The van der Waals surface area contributed by atoms with Crippen molar-refractivity contribution < 1.29 is 23.8 Å². The second kappa shape index (κ2) is 6.22. The summed E-state index contributed by atoms with van der Waals surface area (Å²) >= 11 is 1.48. The quantitative estimate of drug-likeness (QED) is 0.421. The van der Waals surface area contributed by atoms with Gasteiger partial charge in [0.1, 0.15) is 23.2 Å². The van der Waals surface area contributed by atoms with Gasteiger partial charge in [0.05, 0.1) is 12.1 Å². The first-order valence-electron chi connectivity index (χ1n) is 8.20. The maximum atomic E-state index is 11.5. The van der Waals surface area contributed by atoms with Crippen LogP contribution in [0.3, 0.4) is 0 Å². The first-order valence-corrected chi connectivity index (χ1v) is 9.02. The molecule has 3 rings (SSSR count). The van der Waals surface area contributed by atoms with Crippen LogP contribution in [0.2, 0.25) is 0 Å². The van der Waals surface area contributed by atoms with E-state index < -0.39 is 24.1 Å². The number of ether oxygens (including phenoxy) is 3. The Balaban J connectivity index is 1.81. The second-order valence-electron chi connectivity index (χ2n) is 7.46. The third-order valence-corrected chi connectivity index (χ3v) is 5.26. The molecule has 8 heteroatoms. The zero-order chi connectivity index (χ0) is 18.5. The predicted molar refractivity (Wildman–Crippen MR) is 90.2 cm³/mol. The van der Waals surface area contributed by atoms with Gasteiger partial charge in [0, 0.05) is 24.8 Å². The highest BCUT2D eigenvalue weighted by Crippen LogP contribution is 2.53. The molecular weight excluding hydrogens is 344 g/mol. The summed E-state index contributed by atoms with van der Waals surface area (Å²) in [5, 5.41) is 9.41. The molecule has 0 aromatic carbocycles. The average molecular weight is 366 g/mol. The number of likely N-dealkylation sites (tertiary alicyclic amines) is 1. The number of allylic oxidation sites excluding steroid dienone is 1. The third-order valence-electron chi connectivity index (χ3n) is 4.23. The minimum atomic E-state index is -0.605. The van der Waals surface area contributed by atoms with Crippen molar-refractivity contribution in [3.8, 4) is 6.07 Å². The number of carbonyl (C=O) groups is 2. The van der Waals surface area contributed by atoms with Gasteiger partial charge in [-0.3, -0.25) is 9.59 Å². The van der Waals surface area contributed by atoms with Gasteiger partial charge in [0.25, 0.3) is 0 Å². The zero-order valence-electron chi connectivity index (χ0n) is 14.9. The Morgan fingerprint density at radius 1 is 1.12 bits per heavy atom. The first-order chi connectivity index (χ1) is 11.6. The van der Waals surface area contributed by atoms with Crippen LogP contribution in [-0.2, 0) is 23.8 Å². The summed E-state index contributed by atoms with van der Waals surface area (Å²) in [6.07, 6.45) is 0.292. The van der Waals surface area contributed by atoms with E-state index in [1.165, 1.54) is 25.6 Å². The molecule has 7 nitrogen and oxygen atoms in total. The van der Waals surface area contributed by atoms with Crippen LogP contribution in [-0.4, -0.2) is 58.1 Å². The van der Waals surface area contributed by atoms with E-state index in [1.807, 2.05) is 25.7 Å². The van der Waals surface area contributed by atoms with Gasteiger partial charge in [-0.15, -0.1) is 11.8 Å². The fraction of sp³-hybridized carbons (Fsp3) is 0.706. The Kier molecular flexibility index (Phi) is 4.50. The van der Waals surface area contributed by atoms with Crippen molar-refractivity contribution in [2.75, 3.05) is 0 Å². The van der Waals surface area contributed by atoms with Gasteiger partial charge in [-0.2, -0.15) is 5.26 Å². The minimum absolute atomic E-state index is 0.0464. The number of hydrogen-bond donors (Lipinski definition) is 0. The number of rotatable bonds is 4. The highest BCUT2D eigenvalue weighted by atomic mass is 32.2. The van der Waals surface area contributed by atoms with Gasteiger partial charge in [-0.25, -0.2) is 0 Å². The molecule has 2 heterocycles. The number of carbonyl (C=O) groups excluding carboxylic acids is 2. The summed E-state index contributed by atoms with van der Waals surface area (Å²) in [5.41, 5.74) is 0. The van der Waals surface area contributed by atoms with Crippen molar-refractivity contribution in [3.05, 3.63) is 11.1 Å². The van der Waals surface area contributed by atoms with Crippen molar-refractivity contribution in [2.45, 2.75) is 75.9 Å². The van der Waals surface area contributed by atoms with Crippen molar-refractivity contribution >= 4 is 23.7 Å². The molecule has 0 spiro atoms. The summed E-state index contributed by atoms with van der Waals surface area (Å²) in [4.78, 5) is 25.5. The van der Waals surface area contributed by atoms with Crippen LogP contribution in [0, 0.1) is 11.3 Å². The monoisotopic (exact) mass is 366 g/mol. The molecule has 3 fully saturated rings. The Labute approximate surface area is 151 Å². The van der Waals surface area contributed by atoms with E-state index >= 15 is 0 Å². The molecule has 1 saturated carbocycles. The van der Waals surface area contributed by atoms with Crippen LogP contribution in [0.1, 0.15) is 34.6 Å². The van der Waals surface area contributed by atoms with E-state index in [4.69, 9.17) is 14.2 Å². The zero-order valence-corrected chi connectivity index (χ0v) is 15.7.